The molecule has 10 heteroatoms. The number of ether oxygens (including phenoxy) is 1. The average molecular weight is 661 g/mol. The van der Waals surface area contributed by atoms with Crippen LogP contribution in [0.25, 0.3) is 5.57 Å². The highest BCUT2D eigenvalue weighted by atomic mass is 79.9. The largest absolute Gasteiger partial charge is 0.463 e. The summed E-state index contributed by atoms with van der Waals surface area (Å²) in [6.07, 6.45) is 1.99. The van der Waals surface area contributed by atoms with E-state index in [9.17, 15) is 14.4 Å². The summed E-state index contributed by atoms with van der Waals surface area (Å²) in [4.78, 5) is 49.6. The van der Waals surface area contributed by atoms with Crippen molar-refractivity contribution in [1.29, 1.82) is 0 Å². The van der Waals surface area contributed by atoms with Gasteiger partial charge in [0.1, 0.15) is 4.53 Å². The summed E-state index contributed by atoms with van der Waals surface area (Å²) >= 11 is 6.32. The first-order valence-electron chi connectivity index (χ1n) is 13.3. The molecule has 0 bridgehead atoms. The lowest BCUT2D eigenvalue weighted by atomic mass is 9.96. The second kappa shape index (κ2) is 11.5. The topological polar surface area (TPSA) is 81.0 Å². The molecule has 1 amide bonds. The minimum absolute atomic E-state index is 0.194. The van der Waals surface area contributed by atoms with Gasteiger partial charge in [-0.2, -0.15) is 0 Å². The molecular formula is C32H26BrN3O4S2. The van der Waals surface area contributed by atoms with Crippen molar-refractivity contribution in [3.05, 3.63) is 125 Å². The molecule has 0 saturated carbocycles. The number of rotatable bonds is 6. The number of esters is 1. The molecule has 0 spiro atoms. The lowest BCUT2D eigenvalue weighted by Gasteiger charge is -2.24. The van der Waals surface area contributed by atoms with Crippen LogP contribution in [-0.2, 0) is 20.9 Å². The SMILES string of the molecule is CCOC(=O)C1=C(C)N=c2s/c(=C3\C(=O)N(Cc4ccccc4)c4ccc(Br)cc43)c(=O)n2[C@@H]1c1ccc(SC)cc1. The van der Waals surface area contributed by atoms with E-state index in [4.69, 9.17) is 4.74 Å². The number of hydrogen-bond acceptors (Lipinski definition) is 7. The Balaban J connectivity index is 1.59. The Morgan fingerprint density at radius 2 is 1.81 bits per heavy atom. The van der Waals surface area contributed by atoms with Gasteiger partial charge in [0, 0.05) is 14.9 Å². The van der Waals surface area contributed by atoms with Crippen LogP contribution in [0.1, 0.15) is 36.6 Å². The molecule has 42 heavy (non-hydrogen) atoms. The fourth-order valence-corrected chi connectivity index (χ4v) is 7.30. The maximum Gasteiger partial charge on any atom is 0.338 e. The number of carbonyl (C=O) groups excluding carboxylic acids is 2. The summed E-state index contributed by atoms with van der Waals surface area (Å²) in [6, 6.07) is 22.4. The van der Waals surface area contributed by atoms with Gasteiger partial charge >= 0.3 is 5.97 Å². The smallest absolute Gasteiger partial charge is 0.338 e. The number of thioether (sulfide) groups is 1. The van der Waals surface area contributed by atoms with Gasteiger partial charge in [-0.15, -0.1) is 11.8 Å². The highest BCUT2D eigenvalue weighted by Gasteiger charge is 2.37. The van der Waals surface area contributed by atoms with E-state index in [0.717, 1.165) is 26.2 Å². The Morgan fingerprint density at radius 3 is 2.50 bits per heavy atom. The zero-order chi connectivity index (χ0) is 29.5. The first-order chi connectivity index (χ1) is 20.3. The summed E-state index contributed by atoms with van der Waals surface area (Å²) in [7, 11) is 0. The molecule has 0 unspecified atom stereocenters. The lowest BCUT2D eigenvalue weighted by molar-refractivity contribution is -0.139. The monoisotopic (exact) mass is 659 g/mol. The molecule has 1 aromatic heterocycles. The van der Waals surface area contributed by atoms with Crippen LogP contribution in [0.5, 0.6) is 0 Å². The molecule has 0 saturated heterocycles. The number of halogens is 1. The number of carbonyl (C=O) groups is 2. The predicted molar refractivity (Wildman–Crippen MR) is 169 cm³/mol. The normalized spacial score (nSPS) is 17.2. The molecule has 0 aliphatic carbocycles. The van der Waals surface area contributed by atoms with Crippen molar-refractivity contribution in [2.75, 3.05) is 17.8 Å². The van der Waals surface area contributed by atoms with Crippen molar-refractivity contribution >= 4 is 62.2 Å². The Kier molecular flexibility index (Phi) is 7.78. The minimum Gasteiger partial charge on any atom is -0.463 e. The number of hydrogen-bond donors (Lipinski definition) is 0. The molecule has 0 fully saturated rings. The molecule has 4 aromatic rings. The third-order valence-corrected chi connectivity index (χ3v) is 9.60. The summed E-state index contributed by atoms with van der Waals surface area (Å²) in [5.41, 5.74) is 3.91. The average Bonchev–Trinajstić information content (AvgIpc) is 3.44. The third kappa shape index (κ3) is 4.87. The van der Waals surface area contributed by atoms with Crippen LogP contribution in [0.3, 0.4) is 0 Å². The Labute approximate surface area is 259 Å². The highest BCUT2D eigenvalue weighted by molar-refractivity contribution is 9.10. The van der Waals surface area contributed by atoms with Gasteiger partial charge in [0.15, 0.2) is 4.80 Å². The van der Waals surface area contributed by atoms with Gasteiger partial charge in [0.25, 0.3) is 11.5 Å². The number of benzene rings is 3. The van der Waals surface area contributed by atoms with E-state index >= 15 is 0 Å². The standard InChI is InChI=1S/C32H26BrN3O4S2/c1-4-40-31(39)25-18(2)34-32-36(27(25)20-10-13-22(41-3)14-11-20)30(38)28(42-32)26-23-16-21(33)12-15-24(23)35(29(26)37)17-19-8-6-5-7-9-19/h5-16,27H,4,17H2,1-3H3/b28-26-/t27-/m1/s1. The van der Waals surface area contributed by atoms with Crippen LogP contribution < -0.4 is 19.8 Å². The van der Waals surface area contributed by atoms with Crippen molar-refractivity contribution in [3.8, 4) is 0 Å². The van der Waals surface area contributed by atoms with Gasteiger partial charge < -0.3 is 9.64 Å². The molecule has 0 N–H and O–H groups in total. The van der Waals surface area contributed by atoms with Crippen LogP contribution in [0.15, 0.2) is 103 Å². The van der Waals surface area contributed by atoms with E-state index in [2.05, 4.69) is 20.9 Å². The lowest BCUT2D eigenvalue weighted by Crippen LogP contribution is -2.41. The number of nitrogens with zero attached hydrogens (tertiary/aromatic N) is 3. The molecule has 3 aromatic carbocycles. The molecule has 0 radical (unpaired) electrons. The van der Waals surface area contributed by atoms with E-state index in [-0.39, 0.29) is 22.6 Å². The first kappa shape index (κ1) is 28.4. The minimum atomic E-state index is -0.746. The summed E-state index contributed by atoms with van der Waals surface area (Å²) in [5, 5.41) is 0. The van der Waals surface area contributed by atoms with E-state index in [0.29, 0.717) is 33.8 Å². The highest BCUT2D eigenvalue weighted by Crippen LogP contribution is 2.38. The van der Waals surface area contributed by atoms with Gasteiger partial charge in [-0.05, 0) is 61.6 Å². The predicted octanol–water partition coefficient (Wildman–Crippen LogP) is 5.20. The number of fused-ring (bicyclic) bond motifs is 2. The molecule has 2 aliphatic rings. The molecule has 212 valence electrons. The van der Waals surface area contributed by atoms with Gasteiger partial charge in [-0.25, -0.2) is 9.79 Å². The van der Waals surface area contributed by atoms with Crippen LogP contribution in [0, 0.1) is 0 Å². The fourth-order valence-electron chi connectivity index (χ4n) is 5.39. The summed E-state index contributed by atoms with van der Waals surface area (Å²) in [5.74, 6) is -0.768. The van der Waals surface area contributed by atoms with E-state index < -0.39 is 12.0 Å². The molecule has 1 atom stereocenters. The van der Waals surface area contributed by atoms with Crippen molar-refractivity contribution in [2.45, 2.75) is 31.3 Å². The first-order valence-corrected chi connectivity index (χ1v) is 16.2. The van der Waals surface area contributed by atoms with Gasteiger partial charge in [-0.1, -0.05) is 69.7 Å². The second-order valence-corrected chi connectivity index (χ2v) is 12.6. The van der Waals surface area contributed by atoms with Gasteiger partial charge in [-0.3, -0.25) is 14.2 Å². The number of amides is 1. The Morgan fingerprint density at radius 1 is 1.07 bits per heavy atom. The van der Waals surface area contributed by atoms with Crippen molar-refractivity contribution < 1.29 is 14.3 Å². The van der Waals surface area contributed by atoms with Crippen LogP contribution in [0.4, 0.5) is 5.69 Å². The van der Waals surface area contributed by atoms with Crippen molar-refractivity contribution in [1.82, 2.24) is 4.57 Å². The zero-order valence-electron chi connectivity index (χ0n) is 23.1. The summed E-state index contributed by atoms with van der Waals surface area (Å²) in [6.45, 7) is 4.06. The Bertz CT molecular complexity index is 1950. The van der Waals surface area contributed by atoms with Crippen molar-refractivity contribution in [3.63, 3.8) is 0 Å². The molecule has 2 aliphatic heterocycles. The number of thiazole rings is 1. The zero-order valence-corrected chi connectivity index (χ0v) is 26.3. The maximum atomic E-state index is 14.4. The molecular weight excluding hydrogens is 634 g/mol. The van der Waals surface area contributed by atoms with E-state index in [1.807, 2.05) is 79.1 Å². The van der Waals surface area contributed by atoms with Crippen LogP contribution in [0.2, 0.25) is 0 Å². The van der Waals surface area contributed by atoms with Gasteiger partial charge in [0.05, 0.1) is 41.7 Å². The van der Waals surface area contributed by atoms with Crippen LogP contribution in [-0.4, -0.2) is 29.3 Å². The van der Waals surface area contributed by atoms with E-state index in [1.54, 1.807) is 30.5 Å². The van der Waals surface area contributed by atoms with Crippen molar-refractivity contribution in [2.24, 2.45) is 4.99 Å². The van der Waals surface area contributed by atoms with Crippen LogP contribution >= 0.6 is 39.0 Å². The quantitative estimate of drug-likeness (QED) is 0.210. The Hall–Kier alpha value is -3.73. The van der Waals surface area contributed by atoms with E-state index in [1.165, 1.54) is 15.9 Å². The van der Waals surface area contributed by atoms with Gasteiger partial charge in [0.2, 0.25) is 0 Å². The second-order valence-electron chi connectivity index (χ2n) is 9.81. The number of allylic oxidation sites excluding steroid dienone is 1. The molecule has 7 nitrogen and oxygen atoms in total. The number of aromatic nitrogens is 1. The number of anilines is 1. The molecule has 3 heterocycles. The molecule has 6 rings (SSSR count). The summed E-state index contributed by atoms with van der Waals surface area (Å²) < 4.78 is 8.03. The third-order valence-electron chi connectivity index (χ3n) is 7.31. The maximum absolute atomic E-state index is 14.4. The fraction of sp³-hybridized carbons (Fsp3) is 0.188.